The van der Waals surface area contributed by atoms with Gasteiger partial charge < -0.3 is 15.4 Å². The van der Waals surface area contributed by atoms with E-state index in [9.17, 15) is 18.0 Å². The number of carbonyl (C=O) groups is 2. The van der Waals surface area contributed by atoms with Crippen LogP contribution in [0.1, 0.15) is 27.5 Å². The lowest BCUT2D eigenvalue weighted by atomic mass is 10.2. The fraction of sp³-hybridized carbons (Fsp3) is 0.316. The highest BCUT2D eigenvalue weighted by Crippen LogP contribution is 2.24. The van der Waals surface area contributed by atoms with Crippen molar-refractivity contribution in [2.24, 2.45) is 0 Å². The molecule has 2 aromatic heterocycles. The number of rotatable bonds is 4. The molecule has 0 aliphatic carbocycles. The summed E-state index contributed by atoms with van der Waals surface area (Å²) in [6.07, 6.45) is 0.952. The zero-order valence-electron chi connectivity index (χ0n) is 15.7. The average Bonchev–Trinajstić information content (AvgIpc) is 3.44. The summed E-state index contributed by atoms with van der Waals surface area (Å²) in [5.41, 5.74) is 1.82. The molecule has 1 amide bonds. The van der Waals surface area contributed by atoms with Crippen LogP contribution in [0.15, 0.2) is 36.7 Å². The Hall–Kier alpha value is -2.92. The molecular weight excluding hydrogens is 421 g/mol. The molecule has 0 atom stereocenters. The number of hydrogen-bond acceptors (Lipinski definition) is 5. The number of carboxylic acids is 1. The van der Waals surface area contributed by atoms with Crippen LogP contribution in [0.4, 0.5) is 18.9 Å². The van der Waals surface area contributed by atoms with Gasteiger partial charge in [-0.25, -0.2) is 9.78 Å². The maximum absolute atomic E-state index is 12.4. The van der Waals surface area contributed by atoms with E-state index in [1.54, 1.807) is 6.20 Å². The van der Waals surface area contributed by atoms with E-state index in [1.807, 2.05) is 30.5 Å². The zero-order chi connectivity index (χ0) is 21.7. The van der Waals surface area contributed by atoms with Crippen LogP contribution in [0.2, 0.25) is 0 Å². The average molecular weight is 440 g/mol. The minimum atomic E-state index is -5.08. The molecule has 3 aromatic rings. The lowest BCUT2D eigenvalue weighted by Gasteiger charge is -2.11. The summed E-state index contributed by atoms with van der Waals surface area (Å²) in [6.45, 7) is 3.12. The highest BCUT2D eigenvalue weighted by Gasteiger charge is 2.38. The second-order valence-corrected chi connectivity index (χ2v) is 7.72. The number of H-pyrrole nitrogens is 1. The van der Waals surface area contributed by atoms with Gasteiger partial charge >= 0.3 is 12.1 Å². The first-order valence-electron chi connectivity index (χ1n) is 9.08. The third kappa shape index (κ3) is 5.57. The van der Waals surface area contributed by atoms with Crippen molar-refractivity contribution in [1.82, 2.24) is 14.9 Å². The molecule has 1 saturated heterocycles. The molecule has 1 fully saturated rings. The number of para-hydroxylation sites is 1. The largest absolute Gasteiger partial charge is 0.490 e. The van der Waals surface area contributed by atoms with Gasteiger partial charge in [-0.05, 0) is 32.0 Å². The maximum atomic E-state index is 12.4. The summed E-state index contributed by atoms with van der Waals surface area (Å²) in [6, 6.07) is 7.92. The molecule has 3 N–H and O–H groups in total. The predicted molar refractivity (Wildman–Crippen MR) is 107 cm³/mol. The van der Waals surface area contributed by atoms with E-state index in [-0.39, 0.29) is 5.91 Å². The molecule has 1 aliphatic heterocycles. The van der Waals surface area contributed by atoms with Gasteiger partial charge in [-0.3, -0.25) is 9.69 Å². The molecule has 1 aromatic carbocycles. The summed E-state index contributed by atoms with van der Waals surface area (Å²) in [5.74, 6) is -2.85. The molecule has 1 aliphatic rings. The van der Waals surface area contributed by atoms with E-state index >= 15 is 0 Å². The van der Waals surface area contributed by atoms with Crippen molar-refractivity contribution in [2.45, 2.75) is 25.6 Å². The minimum Gasteiger partial charge on any atom is -0.475 e. The van der Waals surface area contributed by atoms with Crippen molar-refractivity contribution in [3.63, 3.8) is 0 Å². The van der Waals surface area contributed by atoms with Crippen molar-refractivity contribution in [2.75, 3.05) is 18.4 Å². The van der Waals surface area contributed by atoms with Crippen LogP contribution in [-0.2, 0) is 11.3 Å². The van der Waals surface area contributed by atoms with Gasteiger partial charge in [0.15, 0.2) is 0 Å². The van der Waals surface area contributed by atoms with Crippen LogP contribution in [0, 0.1) is 0 Å². The van der Waals surface area contributed by atoms with E-state index in [2.05, 4.69) is 20.2 Å². The number of aromatic nitrogens is 2. The van der Waals surface area contributed by atoms with Crippen LogP contribution in [0.5, 0.6) is 0 Å². The Labute approximate surface area is 173 Å². The van der Waals surface area contributed by atoms with Crippen molar-refractivity contribution < 1.29 is 27.9 Å². The summed E-state index contributed by atoms with van der Waals surface area (Å²) in [7, 11) is 0. The molecule has 30 heavy (non-hydrogen) atoms. The Kier molecular flexibility index (Phi) is 6.73. The highest BCUT2D eigenvalue weighted by atomic mass is 32.1. The maximum Gasteiger partial charge on any atom is 0.490 e. The Bertz CT molecular complexity index is 1030. The van der Waals surface area contributed by atoms with Gasteiger partial charge in [-0.15, -0.1) is 11.3 Å². The van der Waals surface area contributed by atoms with Gasteiger partial charge in [0, 0.05) is 17.1 Å². The number of carbonyl (C=O) groups excluding carboxylic acids is 1. The Morgan fingerprint density at radius 3 is 2.57 bits per heavy atom. The highest BCUT2D eigenvalue weighted by molar-refractivity contribution is 7.13. The standard InChI is InChI=1S/C17H18N4OS.C2HF3O2/c22-17(20-14-9-18-13-6-2-1-5-12(13)14)15-10-19-16(23-15)11-21-7-3-4-8-21;3-2(4,5)1(6)7/h1-2,5-6,9-10,18H,3-4,7-8,11H2,(H,20,22);(H,6,7). The molecular formula is C19H19F3N4O3S. The molecule has 7 nitrogen and oxygen atoms in total. The molecule has 0 unspecified atom stereocenters. The number of nitrogens with one attached hydrogen (secondary N) is 2. The van der Waals surface area contributed by atoms with E-state index in [4.69, 9.17) is 9.90 Å². The third-order valence-corrected chi connectivity index (χ3v) is 5.40. The van der Waals surface area contributed by atoms with E-state index in [1.165, 1.54) is 24.2 Å². The van der Waals surface area contributed by atoms with Crippen molar-refractivity contribution in [1.29, 1.82) is 0 Å². The lowest BCUT2D eigenvalue weighted by Crippen LogP contribution is -2.21. The van der Waals surface area contributed by atoms with Gasteiger partial charge in [-0.2, -0.15) is 13.2 Å². The zero-order valence-corrected chi connectivity index (χ0v) is 16.5. The number of nitrogens with zero attached hydrogens (tertiary/aromatic N) is 2. The number of thiazole rings is 1. The SMILES string of the molecule is O=C(Nc1c[nH]c2ccccc12)c1cnc(CN2CCCC2)s1.O=C(O)C(F)(F)F. The van der Waals surface area contributed by atoms with Gasteiger partial charge in [-0.1, -0.05) is 18.2 Å². The second-order valence-electron chi connectivity index (χ2n) is 6.61. The van der Waals surface area contributed by atoms with E-state index in [0.717, 1.165) is 41.2 Å². The Balaban J connectivity index is 0.000000318. The first-order valence-corrected chi connectivity index (χ1v) is 9.90. The van der Waals surface area contributed by atoms with Gasteiger partial charge in [0.25, 0.3) is 5.91 Å². The number of amides is 1. The van der Waals surface area contributed by atoms with Gasteiger partial charge in [0.05, 0.1) is 18.4 Å². The number of carboxylic acid groups (broad SMARTS) is 1. The smallest absolute Gasteiger partial charge is 0.475 e. The molecule has 11 heteroatoms. The predicted octanol–water partition coefficient (Wildman–Crippen LogP) is 4.11. The Morgan fingerprint density at radius 2 is 1.90 bits per heavy atom. The van der Waals surface area contributed by atoms with E-state index in [0.29, 0.717) is 4.88 Å². The molecule has 0 radical (unpaired) electrons. The lowest BCUT2D eigenvalue weighted by molar-refractivity contribution is -0.192. The van der Waals surface area contributed by atoms with Crippen LogP contribution in [0.25, 0.3) is 10.9 Å². The van der Waals surface area contributed by atoms with Crippen molar-refractivity contribution >= 4 is 39.8 Å². The second kappa shape index (κ2) is 9.26. The number of benzene rings is 1. The van der Waals surface area contributed by atoms with E-state index < -0.39 is 12.1 Å². The molecule has 3 heterocycles. The number of alkyl halides is 3. The molecule has 0 bridgehead atoms. The van der Waals surface area contributed by atoms with Crippen LogP contribution < -0.4 is 5.32 Å². The number of hydrogen-bond donors (Lipinski definition) is 3. The summed E-state index contributed by atoms with van der Waals surface area (Å²) in [5, 5.41) is 12.1. The fourth-order valence-corrected chi connectivity index (χ4v) is 3.83. The monoisotopic (exact) mass is 440 g/mol. The summed E-state index contributed by atoms with van der Waals surface area (Å²) < 4.78 is 31.7. The quantitative estimate of drug-likeness (QED) is 0.567. The van der Waals surface area contributed by atoms with Crippen LogP contribution in [-0.4, -0.2) is 51.1 Å². The number of likely N-dealkylation sites (tertiary alicyclic amines) is 1. The van der Waals surface area contributed by atoms with Crippen molar-refractivity contribution in [3.8, 4) is 0 Å². The molecule has 160 valence electrons. The summed E-state index contributed by atoms with van der Waals surface area (Å²) in [4.78, 5) is 31.9. The normalized spacial score (nSPS) is 14.4. The van der Waals surface area contributed by atoms with Gasteiger partial charge in [0.1, 0.15) is 9.88 Å². The number of halogens is 3. The number of aliphatic carboxylic acids is 1. The first-order chi connectivity index (χ1) is 14.2. The minimum absolute atomic E-state index is 0.0973. The summed E-state index contributed by atoms with van der Waals surface area (Å²) >= 11 is 1.48. The molecule has 0 spiro atoms. The first kappa shape index (κ1) is 21.8. The van der Waals surface area contributed by atoms with Crippen molar-refractivity contribution in [3.05, 3.63) is 46.5 Å². The fourth-order valence-electron chi connectivity index (χ4n) is 2.98. The number of aromatic amines is 1. The van der Waals surface area contributed by atoms with Crippen LogP contribution in [0.3, 0.4) is 0 Å². The number of fused-ring (bicyclic) bond motifs is 1. The third-order valence-electron chi connectivity index (χ3n) is 4.41. The number of anilines is 1. The topological polar surface area (TPSA) is 98.3 Å². The van der Waals surface area contributed by atoms with Gasteiger partial charge in [0.2, 0.25) is 0 Å². The molecule has 4 rings (SSSR count). The Morgan fingerprint density at radius 1 is 1.23 bits per heavy atom. The van der Waals surface area contributed by atoms with Crippen LogP contribution >= 0.6 is 11.3 Å². The molecule has 0 saturated carbocycles.